The molecule has 0 bridgehead atoms. The van der Waals surface area contributed by atoms with Gasteiger partial charge in [-0.3, -0.25) is 9.78 Å². The number of nitrogens with zero attached hydrogens (tertiary/aromatic N) is 3. The van der Waals surface area contributed by atoms with E-state index >= 15 is 0 Å². The van der Waals surface area contributed by atoms with Crippen LogP contribution in [0.1, 0.15) is 15.9 Å². The number of methoxy groups -OCH3 is 1. The Morgan fingerprint density at radius 2 is 1.82 bits per heavy atom. The molecule has 1 aliphatic heterocycles. The average Bonchev–Trinajstić information content (AvgIpc) is 2.85. The second kappa shape index (κ2) is 9.61. The summed E-state index contributed by atoms with van der Waals surface area (Å²) in [6.07, 6.45) is 3.50. The topological polar surface area (TPSA) is 79.4 Å². The van der Waals surface area contributed by atoms with Crippen LogP contribution in [-0.2, 0) is 0 Å². The number of rotatable bonds is 7. The van der Waals surface area contributed by atoms with Crippen molar-refractivity contribution in [2.75, 3.05) is 30.2 Å². The van der Waals surface area contributed by atoms with E-state index in [1.807, 2.05) is 54.3 Å². The number of para-hydroxylation sites is 1. The van der Waals surface area contributed by atoms with Crippen molar-refractivity contribution in [3.8, 4) is 5.88 Å². The second-order valence-corrected chi connectivity index (χ2v) is 9.02. The number of pyridine rings is 2. The molecule has 172 valence electrons. The highest BCUT2D eigenvalue weighted by atomic mass is 32.2. The molecule has 3 heterocycles. The van der Waals surface area contributed by atoms with Crippen LogP contribution in [0.25, 0.3) is 10.9 Å². The minimum Gasteiger partial charge on any atom is -0.480 e. The van der Waals surface area contributed by atoms with Crippen LogP contribution in [-0.4, -0.2) is 47.0 Å². The summed E-state index contributed by atoms with van der Waals surface area (Å²) in [5.74, 6) is 0.597. The number of hydrogen-bond acceptors (Lipinski definition) is 7. The van der Waals surface area contributed by atoms with Crippen LogP contribution >= 0.6 is 11.9 Å². The summed E-state index contributed by atoms with van der Waals surface area (Å²) in [6.45, 7) is 3.29. The predicted molar refractivity (Wildman–Crippen MR) is 137 cm³/mol. The largest absolute Gasteiger partial charge is 0.480 e. The Labute approximate surface area is 202 Å². The molecule has 8 heteroatoms. The zero-order valence-electron chi connectivity index (χ0n) is 19.0. The van der Waals surface area contributed by atoms with Crippen LogP contribution in [0.4, 0.5) is 11.4 Å². The Bertz CT molecular complexity index is 1330. The fourth-order valence-corrected chi connectivity index (χ4v) is 4.84. The molecule has 7 nitrogen and oxygen atoms in total. The lowest BCUT2D eigenvalue weighted by Gasteiger charge is -2.40. The monoisotopic (exact) mass is 471 g/mol. The van der Waals surface area contributed by atoms with Crippen LogP contribution in [0.2, 0.25) is 0 Å². The van der Waals surface area contributed by atoms with Crippen LogP contribution in [0.3, 0.4) is 0 Å². The van der Waals surface area contributed by atoms with E-state index in [4.69, 9.17) is 4.74 Å². The van der Waals surface area contributed by atoms with Crippen molar-refractivity contribution < 1.29 is 9.53 Å². The molecule has 1 fully saturated rings. The molecule has 4 aromatic rings. The van der Waals surface area contributed by atoms with Crippen molar-refractivity contribution in [2.45, 2.75) is 17.9 Å². The number of likely N-dealkylation sites (tertiary alicyclic amines) is 1. The fourth-order valence-electron chi connectivity index (χ4n) is 3.98. The molecule has 0 atom stereocenters. The number of carbonyl (C=O) groups excluding carboxylic acids is 1. The molecule has 5 rings (SSSR count). The van der Waals surface area contributed by atoms with Gasteiger partial charge in [0, 0.05) is 42.1 Å². The third kappa shape index (κ3) is 4.49. The quantitative estimate of drug-likeness (QED) is 0.367. The Hall–Kier alpha value is -3.78. The van der Waals surface area contributed by atoms with Gasteiger partial charge in [-0.15, -0.1) is 0 Å². The molecule has 2 aromatic carbocycles. The maximum Gasteiger partial charge on any atom is 0.254 e. The summed E-state index contributed by atoms with van der Waals surface area (Å²) < 4.78 is 8.70. The van der Waals surface area contributed by atoms with E-state index in [9.17, 15) is 4.79 Å². The summed E-state index contributed by atoms with van der Waals surface area (Å²) >= 11 is 1.53. The smallest absolute Gasteiger partial charge is 0.254 e. The second-order valence-electron chi connectivity index (χ2n) is 8.18. The summed E-state index contributed by atoms with van der Waals surface area (Å²) in [5, 5.41) is 4.51. The van der Waals surface area contributed by atoms with E-state index in [1.54, 1.807) is 19.5 Å². The number of hydrogen-bond donors (Lipinski definition) is 2. The summed E-state index contributed by atoms with van der Waals surface area (Å²) in [6, 6.07) is 19.9. The molecule has 0 saturated carbocycles. The Balaban J connectivity index is 1.20. The van der Waals surface area contributed by atoms with Gasteiger partial charge in [-0.05, 0) is 66.9 Å². The van der Waals surface area contributed by atoms with Crippen molar-refractivity contribution in [2.24, 2.45) is 0 Å². The highest BCUT2D eigenvalue weighted by molar-refractivity contribution is 8.00. The summed E-state index contributed by atoms with van der Waals surface area (Å²) in [7, 11) is 1.60. The number of aromatic nitrogens is 2. The van der Waals surface area contributed by atoms with E-state index in [2.05, 4.69) is 38.2 Å². The van der Waals surface area contributed by atoms with Gasteiger partial charge in [-0.1, -0.05) is 18.2 Å². The number of fused-ring (bicyclic) bond motifs is 1. The molecule has 2 N–H and O–H groups in total. The molecule has 1 aliphatic rings. The number of carbonyl (C=O) groups is 1. The number of benzene rings is 2. The Kier molecular flexibility index (Phi) is 6.22. The van der Waals surface area contributed by atoms with E-state index < -0.39 is 0 Å². The lowest BCUT2D eigenvalue weighted by atomic mass is 10.0. The zero-order chi connectivity index (χ0) is 23.5. The molecular weight excluding hydrogens is 446 g/mol. The molecule has 1 saturated heterocycles. The van der Waals surface area contributed by atoms with Gasteiger partial charge in [0.2, 0.25) is 5.88 Å². The van der Waals surface area contributed by atoms with Gasteiger partial charge in [0.05, 0.1) is 29.3 Å². The van der Waals surface area contributed by atoms with E-state index in [-0.39, 0.29) is 11.9 Å². The molecule has 2 aromatic heterocycles. The average molecular weight is 472 g/mol. The highest BCUT2D eigenvalue weighted by Gasteiger charge is 2.31. The maximum atomic E-state index is 13.0. The molecule has 0 spiro atoms. The van der Waals surface area contributed by atoms with Gasteiger partial charge in [0.15, 0.2) is 0 Å². The standard InChI is InChI=1S/C26H25N5O2S/c1-17-14-19(26(32)31-15-20(16-31)29-22-8-5-13-28-25(22)33-2)10-11-21(17)30-34-23-9-3-6-18-7-4-12-27-24(18)23/h3-14,20,29-30H,15-16H2,1-2H3. The van der Waals surface area contributed by atoms with E-state index in [0.29, 0.717) is 24.5 Å². The van der Waals surface area contributed by atoms with Gasteiger partial charge >= 0.3 is 0 Å². The molecule has 0 aliphatic carbocycles. The first-order valence-corrected chi connectivity index (χ1v) is 11.9. The minimum absolute atomic E-state index is 0.0387. The first kappa shape index (κ1) is 22.0. The predicted octanol–water partition coefficient (Wildman–Crippen LogP) is 5.00. The van der Waals surface area contributed by atoms with Crippen molar-refractivity contribution in [1.29, 1.82) is 0 Å². The van der Waals surface area contributed by atoms with Gasteiger partial charge in [-0.2, -0.15) is 0 Å². The SMILES string of the molecule is COc1ncccc1NC1CN(C(=O)c2ccc(NSc3cccc4cccnc34)c(C)c2)C1. The Morgan fingerprint density at radius 1 is 1.03 bits per heavy atom. The lowest BCUT2D eigenvalue weighted by Crippen LogP contribution is -2.57. The number of nitrogens with one attached hydrogen (secondary N) is 2. The summed E-state index contributed by atoms with van der Waals surface area (Å²) in [5.41, 5.74) is 4.49. The van der Waals surface area contributed by atoms with Gasteiger partial charge in [-0.25, -0.2) is 4.98 Å². The molecule has 1 amide bonds. The lowest BCUT2D eigenvalue weighted by molar-refractivity contribution is 0.0625. The maximum absolute atomic E-state index is 13.0. The molecule has 34 heavy (non-hydrogen) atoms. The van der Waals surface area contributed by atoms with Gasteiger partial charge in [0.1, 0.15) is 0 Å². The van der Waals surface area contributed by atoms with E-state index in [1.165, 1.54) is 11.9 Å². The molecule has 0 radical (unpaired) electrons. The van der Waals surface area contributed by atoms with Crippen LogP contribution in [0.15, 0.2) is 78.0 Å². The first-order valence-electron chi connectivity index (χ1n) is 11.0. The molecule has 0 unspecified atom stereocenters. The number of amides is 1. The number of anilines is 2. The zero-order valence-corrected chi connectivity index (χ0v) is 19.8. The van der Waals surface area contributed by atoms with Crippen LogP contribution in [0, 0.1) is 6.92 Å². The Morgan fingerprint density at radius 3 is 2.65 bits per heavy atom. The van der Waals surface area contributed by atoms with Crippen LogP contribution in [0.5, 0.6) is 5.88 Å². The van der Waals surface area contributed by atoms with Crippen molar-refractivity contribution in [1.82, 2.24) is 14.9 Å². The third-order valence-corrected chi connectivity index (χ3v) is 6.70. The van der Waals surface area contributed by atoms with Crippen molar-refractivity contribution >= 4 is 40.1 Å². The van der Waals surface area contributed by atoms with Crippen molar-refractivity contribution in [3.05, 3.63) is 84.2 Å². The van der Waals surface area contributed by atoms with Gasteiger partial charge in [0.25, 0.3) is 5.91 Å². The normalized spacial score (nSPS) is 13.4. The minimum atomic E-state index is 0.0387. The van der Waals surface area contributed by atoms with Crippen LogP contribution < -0.4 is 14.8 Å². The first-order chi connectivity index (χ1) is 16.6. The van der Waals surface area contributed by atoms with Gasteiger partial charge < -0.3 is 19.7 Å². The van der Waals surface area contributed by atoms with E-state index in [0.717, 1.165) is 32.7 Å². The number of aryl methyl sites for hydroxylation is 1. The fraction of sp³-hybridized carbons (Fsp3) is 0.192. The molecular formula is C26H25N5O2S. The summed E-state index contributed by atoms with van der Waals surface area (Å²) in [4.78, 5) is 24.6. The highest BCUT2D eigenvalue weighted by Crippen LogP contribution is 2.30. The van der Waals surface area contributed by atoms with Crippen molar-refractivity contribution in [3.63, 3.8) is 0 Å². The third-order valence-electron chi connectivity index (χ3n) is 5.83. The number of ether oxygens (including phenoxy) is 1.